The van der Waals surface area contributed by atoms with Crippen LogP contribution in [-0.2, 0) is 15.3 Å². The lowest BCUT2D eigenvalue weighted by molar-refractivity contribution is -0.124. The van der Waals surface area contributed by atoms with Crippen molar-refractivity contribution in [3.63, 3.8) is 0 Å². The van der Waals surface area contributed by atoms with Gasteiger partial charge in [-0.1, -0.05) is 55.4 Å². The average Bonchev–Trinajstić information content (AvgIpc) is 3.14. The summed E-state index contributed by atoms with van der Waals surface area (Å²) in [5.41, 5.74) is 2.76. The van der Waals surface area contributed by atoms with Crippen molar-refractivity contribution in [3.8, 4) is 0 Å². The highest BCUT2D eigenvalue weighted by Crippen LogP contribution is 2.27. The third-order valence-electron chi connectivity index (χ3n) is 4.33. The van der Waals surface area contributed by atoms with Gasteiger partial charge in [-0.25, -0.2) is 9.78 Å². The van der Waals surface area contributed by atoms with Gasteiger partial charge in [0.25, 0.3) is 11.1 Å². The first kappa shape index (κ1) is 20.9. The average molecular weight is 413 g/mol. The molecule has 1 atom stereocenters. The van der Waals surface area contributed by atoms with Gasteiger partial charge in [-0.3, -0.25) is 4.79 Å². The topological polar surface area (TPSA) is 81.4 Å². The molecule has 1 aromatic heterocycles. The fourth-order valence-corrected chi connectivity index (χ4v) is 3.77. The maximum atomic E-state index is 12.5. The Bertz CT molecular complexity index is 953. The van der Waals surface area contributed by atoms with Crippen LogP contribution >= 0.6 is 11.8 Å². The van der Waals surface area contributed by atoms with Crippen LogP contribution in [0.15, 0.2) is 58.2 Å². The van der Waals surface area contributed by atoms with E-state index in [4.69, 9.17) is 9.15 Å². The highest BCUT2D eigenvalue weighted by Gasteiger charge is 2.16. The molecule has 0 saturated heterocycles. The Morgan fingerprint density at radius 1 is 1.17 bits per heavy atom. The number of fused-ring (bicyclic) bond motifs is 1. The number of carbonyl (C=O) groups excluding carboxylic acids is 2. The van der Waals surface area contributed by atoms with Crippen LogP contribution in [0.3, 0.4) is 0 Å². The van der Waals surface area contributed by atoms with Crippen molar-refractivity contribution >= 4 is 34.7 Å². The molecular formula is C22H24N2O4S. The second-order valence-electron chi connectivity index (χ2n) is 6.73. The van der Waals surface area contributed by atoms with Crippen LogP contribution in [0.5, 0.6) is 0 Å². The molecule has 0 radical (unpaired) electrons. The van der Waals surface area contributed by atoms with Gasteiger partial charge in [0.15, 0.2) is 12.2 Å². The Kier molecular flexibility index (Phi) is 7.30. The summed E-state index contributed by atoms with van der Waals surface area (Å²) in [6.45, 7) is 3.69. The standard InChI is InChI=1S/C22H24N2O4S/c1-3-8-15(2)23-20(25)13-27-21(26)17-10-5-4-9-16(17)14-29-22-24-18-11-6-7-12-19(18)28-22/h4-7,9-12,15H,3,8,13-14H2,1-2H3,(H,23,25). The lowest BCUT2D eigenvalue weighted by Crippen LogP contribution is -2.35. The Balaban J connectivity index is 1.59. The van der Waals surface area contributed by atoms with Crippen molar-refractivity contribution in [1.82, 2.24) is 10.3 Å². The van der Waals surface area contributed by atoms with Crippen LogP contribution in [0, 0.1) is 0 Å². The first-order valence-electron chi connectivity index (χ1n) is 9.59. The van der Waals surface area contributed by atoms with Crippen molar-refractivity contribution < 1.29 is 18.7 Å². The summed E-state index contributed by atoms with van der Waals surface area (Å²) in [6.07, 6.45) is 1.86. The summed E-state index contributed by atoms with van der Waals surface area (Å²) in [4.78, 5) is 28.8. The summed E-state index contributed by atoms with van der Waals surface area (Å²) >= 11 is 1.40. The zero-order chi connectivity index (χ0) is 20.6. The van der Waals surface area contributed by atoms with Crippen molar-refractivity contribution in [1.29, 1.82) is 0 Å². The summed E-state index contributed by atoms with van der Waals surface area (Å²) < 4.78 is 10.9. The molecule has 0 fully saturated rings. The largest absolute Gasteiger partial charge is 0.452 e. The van der Waals surface area contributed by atoms with Crippen LogP contribution in [0.1, 0.15) is 42.6 Å². The number of ether oxygens (including phenoxy) is 1. The summed E-state index contributed by atoms with van der Waals surface area (Å²) in [5, 5.41) is 3.36. The number of aromatic nitrogens is 1. The van der Waals surface area contributed by atoms with Crippen molar-refractivity contribution in [2.45, 2.75) is 43.7 Å². The zero-order valence-electron chi connectivity index (χ0n) is 16.5. The Morgan fingerprint density at radius 3 is 2.72 bits per heavy atom. The van der Waals surface area contributed by atoms with Crippen LogP contribution in [0.2, 0.25) is 0 Å². The number of esters is 1. The summed E-state index contributed by atoms with van der Waals surface area (Å²) in [5.74, 6) is -0.313. The fourth-order valence-electron chi connectivity index (χ4n) is 2.93. The van der Waals surface area contributed by atoms with Crippen LogP contribution in [0.25, 0.3) is 11.1 Å². The SMILES string of the molecule is CCCC(C)NC(=O)COC(=O)c1ccccc1CSc1nc2ccccc2o1. The van der Waals surface area contributed by atoms with Gasteiger partial charge in [0, 0.05) is 11.8 Å². The quantitative estimate of drug-likeness (QED) is 0.409. The number of carbonyl (C=O) groups is 2. The first-order valence-corrected chi connectivity index (χ1v) is 10.6. The molecule has 7 heteroatoms. The minimum Gasteiger partial charge on any atom is -0.452 e. The van der Waals surface area contributed by atoms with E-state index in [1.165, 1.54) is 11.8 Å². The number of amides is 1. The molecule has 152 valence electrons. The molecule has 0 aliphatic heterocycles. The minimum absolute atomic E-state index is 0.0613. The Hall–Kier alpha value is -2.80. The molecule has 1 unspecified atom stereocenters. The number of hydrogen-bond acceptors (Lipinski definition) is 6. The van der Waals surface area contributed by atoms with Crippen LogP contribution in [-0.4, -0.2) is 29.5 Å². The molecule has 3 rings (SSSR count). The maximum Gasteiger partial charge on any atom is 0.338 e. The van der Waals surface area contributed by atoms with Gasteiger partial charge < -0.3 is 14.5 Å². The monoisotopic (exact) mass is 412 g/mol. The van der Waals surface area contributed by atoms with E-state index in [-0.39, 0.29) is 18.6 Å². The number of hydrogen-bond donors (Lipinski definition) is 1. The van der Waals surface area contributed by atoms with Crippen molar-refractivity contribution in [3.05, 3.63) is 59.7 Å². The number of benzene rings is 2. The van der Waals surface area contributed by atoms with E-state index >= 15 is 0 Å². The second-order valence-corrected chi connectivity index (χ2v) is 7.65. The van der Waals surface area contributed by atoms with Gasteiger partial charge >= 0.3 is 5.97 Å². The Morgan fingerprint density at radius 2 is 1.93 bits per heavy atom. The Labute approximate surface area is 174 Å². The van der Waals surface area contributed by atoms with Gasteiger partial charge in [0.1, 0.15) is 5.52 Å². The third kappa shape index (κ3) is 5.84. The molecule has 0 aliphatic carbocycles. The number of rotatable bonds is 9. The van der Waals surface area contributed by atoms with E-state index in [1.807, 2.05) is 43.3 Å². The molecule has 2 aromatic carbocycles. The van der Waals surface area contributed by atoms with Crippen molar-refractivity contribution in [2.75, 3.05) is 6.61 Å². The zero-order valence-corrected chi connectivity index (χ0v) is 17.3. The predicted octanol–water partition coefficient (Wildman–Crippen LogP) is 4.58. The minimum atomic E-state index is -0.517. The van der Waals surface area contributed by atoms with E-state index in [0.717, 1.165) is 29.5 Å². The summed E-state index contributed by atoms with van der Waals surface area (Å²) in [6, 6.07) is 14.8. The number of oxazole rings is 1. The number of para-hydroxylation sites is 2. The number of nitrogens with zero attached hydrogens (tertiary/aromatic N) is 1. The molecule has 0 bridgehead atoms. The van der Waals surface area contributed by atoms with Gasteiger partial charge in [0.05, 0.1) is 5.56 Å². The first-order chi connectivity index (χ1) is 14.1. The van der Waals surface area contributed by atoms with Gasteiger partial charge in [-0.05, 0) is 37.1 Å². The van der Waals surface area contributed by atoms with E-state index in [0.29, 0.717) is 16.5 Å². The van der Waals surface area contributed by atoms with Gasteiger partial charge in [0.2, 0.25) is 0 Å². The molecule has 0 spiro atoms. The normalized spacial score (nSPS) is 11.9. The molecule has 0 saturated carbocycles. The lowest BCUT2D eigenvalue weighted by atomic mass is 10.1. The maximum absolute atomic E-state index is 12.5. The lowest BCUT2D eigenvalue weighted by Gasteiger charge is -2.13. The van der Waals surface area contributed by atoms with E-state index < -0.39 is 5.97 Å². The highest BCUT2D eigenvalue weighted by atomic mass is 32.2. The van der Waals surface area contributed by atoms with Crippen LogP contribution in [0.4, 0.5) is 0 Å². The molecule has 1 N–H and O–H groups in total. The van der Waals surface area contributed by atoms with Crippen LogP contribution < -0.4 is 5.32 Å². The molecule has 1 heterocycles. The molecular weight excluding hydrogens is 388 g/mol. The molecule has 1 amide bonds. The summed E-state index contributed by atoms with van der Waals surface area (Å²) in [7, 11) is 0. The molecule has 0 aliphatic rings. The molecule has 29 heavy (non-hydrogen) atoms. The smallest absolute Gasteiger partial charge is 0.338 e. The van der Waals surface area contributed by atoms with Crippen molar-refractivity contribution in [2.24, 2.45) is 0 Å². The predicted molar refractivity (Wildman–Crippen MR) is 113 cm³/mol. The molecule has 6 nitrogen and oxygen atoms in total. The van der Waals surface area contributed by atoms with Gasteiger partial charge in [-0.2, -0.15) is 0 Å². The highest BCUT2D eigenvalue weighted by molar-refractivity contribution is 7.98. The third-order valence-corrected chi connectivity index (χ3v) is 5.20. The second kappa shape index (κ2) is 10.1. The number of nitrogens with one attached hydrogen (secondary N) is 1. The fraction of sp³-hybridized carbons (Fsp3) is 0.318. The van der Waals surface area contributed by atoms with E-state index in [9.17, 15) is 9.59 Å². The molecule has 3 aromatic rings. The van der Waals surface area contributed by atoms with Gasteiger partial charge in [-0.15, -0.1) is 0 Å². The van der Waals surface area contributed by atoms with E-state index in [2.05, 4.69) is 17.2 Å². The van der Waals surface area contributed by atoms with E-state index in [1.54, 1.807) is 12.1 Å². The number of thioether (sulfide) groups is 1.